The summed E-state index contributed by atoms with van der Waals surface area (Å²) in [5, 5.41) is 3.88. The second kappa shape index (κ2) is 8.16. The molecule has 0 aliphatic heterocycles. The van der Waals surface area contributed by atoms with Gasteiger partial charge < -0.3 is 9.88 Å². The van der Waals surface area contributed by atoms with Gasteiger partial charge in [-0.3, -0.25) is 4.31 Å². The molecule has 0 saturated carbocycles. The van der Waals surface area contributed by atoms with Crippen LogP contribution in [0.25, 0.3) is 22.6 Å². The van der Waals surface area contributed by atoms with Gasteiger partial charge in [0.25, 0.3) is 0 Å². The molecule has 0 bridgehead atoms. The lowest BCUT2D eigenvalue weighted by atomic mass is 10.2. The van der Waals surface area contributed by atoms with Crippen LogP contribution < -0.4 is 9.62 Å². The Morgan fingerprint density at radius 1 is 1.13 bits per heavy atom. The summed E-state index contributed by atoms with van der Waals surface area (Å²) in [6.45, 7) is 0.359. The van der Waals surface area contributed by atoms with Crippen molar-refractivity contribution >= 4 is 44.3 Å². The first kappa shape index (κ1) is 21.1. The smallest absolute Gasteiger partial charge is 0.233 e. The number of halogens is 1. The Morgan fingerprint density at radius 3 is 2.71 bits per heavy atom. The van der Waals surface area contributed by atoms with Crippen molar-refractivity contribution < 1.29 is 8.42 Å². The van der Waals surface area contributed by atoms with E-state index in [1.807, 2.05) is 54.1 Å². The predicted molar refractivity (Wildman–Crippen MR) is 124 cm³/mol. The van der Waals surface area contributed by atoms with Gasteiger partial charge in [-0.2, -0.15) is 0 Å². The summed E-state index contributed by atoms with van der Waals surface area (Å²) in [5.41, 5.74) is 3.21. The zero-order valence-corrected chi connectivity index (χ0v) is 18.8. The molecule has 3 aromatic heterocycles. The molecule has 0 radical (unpaired) electrons. The van der Waals surface area contributed by atoms with Crippen LogP contribution in [-0.2, 0) is 23.6 Å². The van der Waals surface area contributed by atoms with E-state index in [-0.39, 0.29) is 0 Å². The van der Waals surface area contributed by atoms with Crippen molar-refractivity contribution in [3.05, 3.63) is 65.3 Å². The third-order valence-corrected chi connectivity index (χ3v) is 6.35. The van der Waals surface area contributed by atoms with Crippen molar-refractivity contribution in [2.24, 2.45) is 7.05 Å². The van der Waals surface area contributed by atoms with Crippen LogP contribution in [0.3, 0.4) is 0 Å². The maximum absolute atomic E-state index is 11.9. The van der Waals surface area contributed by atoms with Gasteiger partial charge in [-0.05, 0) is 36.4 Å². The maximum Gasteiger partial charge on any atom is 0.233 e. The van der Waals surface area contributed by atoms with E-state index in [2.05, 4.69) is 20.3 Å². The number of imidazole rings is 1. The molecule has 0 fully saturated rings. The van der Waals surface area contributed by atoms with Crippen molar-refractivity contribution in [1.82, 2.24) is 19.5 Å². The second-order valence-corrected chi connectivity index (χ2v) is 9.56. The number of fused-ring (bicyclic) bond motifs is 1. The Hall–Kier alpha value is -3.17. The molecule has 0 amide bonds. The summed E-state index contributed by atoms with van der Waals surface area (Å²) in [6, 6.07) is 14.8. The van der Waals surface area contributed by atoms with Gasteiger partial charge in [-0.15, -0.1) is 0 Å². The van der Waals surface area contributed by atoms with Gasteiger partial charge in [-0.1, -0.05) is 23.7 Å². The van der Waals surface area contributed by atoms with E-state index >= 15 is 0 Å². The first-order valence-electron chi connectivity index (χ1n) is 9.45. The third kappa shape index (κ3) is 4.33. The van der Waals surface area contributed by atoms with Crippen LogP contribution in [0, 0.1) is 0 Å². The molecule has 0 atom stereocenters. The minimum atomic E-state index is -3.42. The van der Waals surface area contributed by atoms with Gasteiger partial charge in [0.05, 0.1) is 17.3 Å². The average molecular weight is 457 g/mol. The van der Waals surface area contributed by atoms with Crippen molar-refractivity contribution in [3.63, 3.8) is 0 Å². The number of pyridine rings is 2. The maximum atomic E-state index is 11.9. The molecule has 31 heavy (non-hydrogen) atoms. The molecule has 0 aliphatic rings. The van der Waals surface area contributed by atoms with Crippen LogP contribution in [0.1, 0.15) is 5.56 Å². The lowest BCUT2D eigenvalue weighted by molar-refractivity contribution is 0.599. The van der Waals surface area contributed by atoms with Gasteiger partial charge in [0.1, 0.15) is 17.3 Å². The number of nitrogens with one attached hydrogen (secondary N) is 1. The van der Waals surface area contributed by atoms with Gasteiger partial charge in [0.15, 0.2) is 5.82 Å². The molecule has 0 saturated heterocycles. The molecule has 160 valence electrons. The molecule has 4 aromatic rings. The van der Waals surface area contributed by atoms with Crippen LogP contribution in [0.15, 0.2) is 54.7 Å². The SMILES string of the molecule is CN(c1ncccc1CNc1cccc(-c2nc3cc(Cl)ccc3n2C)n1)S(C)(=O)=O. The van der Waals surface area contributed by atoms with E-state index in [0.717, 1.165) is 28.7 Å². The molecule has 0 aliphatic carbocycles. The van der Waals surface area contributed by atoms with E-state index in [9.17, 15) is 8.42 Å². The first-order valence-corrected chi connectivity index (χ1v) is 11.7. The minimum Gasteiger partial charge on any atom is -0.366 e. The lowest BCUT2D eigenvalue weighted by Gasteiger charge is -2.19. The fourth-order valence-corrected chi connectivity index (χ4v) is 3.90. The summed E-state index contributed by atoms with van der Waals surface area (Å²) >= 11 is 6.09. The summed E-state index contributed by atoms with van der Waals surface area (Å²) in [6.07, 6.45) is 2.71. The highest BCUT2D eigenvalue weighted by Crippen LogP contribution is 2.26. The number of hydrogen-bond donors (Lipinski definition) is 1. The summed E-state index contributed by atoms with van der Waals surface area (Å²) in [4.78, 5) is 13.6. The number of rotatable bonds is 6. The molecule has 8 nitrogen and oxygen atoms in total. The number of aromatic nitrogens is 4. The van der Waals surface area contributed by atoms with E-state index < -0.39 is 10.0 Å². The van der Waals surface area contributed by atoms with E-state index in [1.165, 1.54) is 11.4 Å². The highest BCUT2D eigenvalue weighted by Gasteiger charge is 2.17. The topological polar surface area (TPSA) is 93.0 Å². The van der Waals surface area contributed by atoms with Crippen molar-refractivity contribution in [3.8, 4) is 11.5 Å². The van der Waals surface area contributed by atoms with Crippen LogP contribution in [-0.4, -0.2) is 41.2 Å². The van der Waals surface area contributed by atoms with Crippen molar-refractivity contribution in [2.45, 2.75) is 6.54 Å². The Labute approximate surface area is 185 Å². The number of anilines is 2. The van der Waals surface area contributed by atoms with E-state index in [1.54, 1.807) is 12.3 Å². The minimum absolute atomic E-state index is 0.359. The Kier molecular flexibility index (Phi) is 5.55. The highest BCUT2D eigenvalue weighted by atomic mass is 35.5. The number of hydrogen-bond acceptors (Lipinski definition) is 6. The summed E-state index contributed by atoms with van der Waals surface area (Å²) < 4.78 is 27.0. The number of nitrogens with zero attached hydrogens (tertiary/aromatic N) is 5. The van der Waals surface area contributed by atoms with Crippen molar-refractivity contribution in [2.75, 3.05) is 22.9 Å². The molecule has 4 rings (SSSR count). The van der Waals surface area contributed by atoms with Crippen LogP contribution >= 0.6 is 11.6 Å². The van der Waals surface area contributed by atoms with Gasteiger partial charge >= 0.3 is 0 Å². The fourth-order valence-electron chi connectivity index (χ4n) is 3.25. The van der Waals surface area contributed by atoms with Gasteiger partial charge in [-0.25, -0.2) is 23.4 Å². The Morgan fingerprint density at radius 2 is 1.94 bits per heavy atom. The van der Waals surface area contributed by atoms with Crippen molar-refractivity contribution in [1.29, 1.82) is 0 Å². The molecule has 1 N–H and O–H groups in total. The average Bonchev–Trinajstić information content (AvgIpc) is 3.07. The quantitative estimate of drug-likeness (QED) is 0.475. The van der Waals surface area contributed by atoms with Crippen LogP contribution in [0.5, 0.6) is 0 Å². The molecule has 0 spiro atoms. The summed E-state index contributed by atoms with van der Waals surface area (Å²) in [7, 11) is 0.000218. The van der Waals surface area contributed by atoms with E-state index in [4.69, 9.17) is 11.6 Å². The molecular formula is C21H21ClN6O2S. The van der Waals surface area contributed by atoms with Gasteiger partial charge in [0.2, 0.25) is 10.0 Å². The fraction of sp³-hybridized carbons (Fsp3) is 0.190. The number of benzene rings is 1. The van der Waals surface area contributed by atoms with Crippen LogP contribution in [0.2, 0.25) is 5.02 Å². The molecular weight excluding hydrogens is 436 g/mol. The zero-order valence-electron chi connectivity index (χ0n) is 17.2. The number of sulfonamides is 1. The zero-order chi connectivity index (χ0) is 22.2. The Balaban J connectivity index is 1.61. The van der Waals surface area contributed by atoms with Gasteiger partial charge in [0, 0.05) is 37.4 Å². The summed E-state index contributed by atoms with van der Waals surface area (Å²) in [5.74, 6) is 1.74. The monoisotopic (exact) mass is 456 g/mol. The standard InChI is InChI=1S/C21H21ClN6O2S/c1-27-18-10-9-15(22)12-17(18)26-21(27)16-7-4-8-19(25-16)24-13-14-6-5-11-23-20(14)28(2)31(3,29)30/h4-12H,13H2,1-3H3,(H,24,25). The largest absolute Gasteiger partial charge is 0.366 e. The normalized spacial score (nSPS) is 11.6. The lowest BCUT2D eigenvalue weighted by Crippen LogP contribution is -2.27. The molecule has 1 aromatic carbocycles. The van der Waals surface area contributed by atoms with Crippen LogP contribution in [0.4, 0.5) is 11.6 Å². The second-order valence-electron chi connectivity index (χ2n) is 7.11. The number of aryl methyl sites for hydroxylation is 1. The predicted octanol–water partition coefficient (Wildman–Crippen LogP) is 3.69. The first-order chi connectivity index (χ1) is 14.7. The van der Waals surface area contributed by atoms with E-state index in [0.29, 0.717) is 28.9 Å². The Bertz CT molecular complexity index is 1370. The molecule has 10 heteroatoms. The molecule has 0 unspecified atom stereocenters. The molecule has 3 heterocycles. The third-order valence-electron chi connectivity index (χ3n) is 4.94. The highest BCUT2D eigenvalue weighted by molar-refractivity contribution is 7.92.